The van der Waals surface area contributed by atoms with Gasteiger partial charge in [-0.2, -0.15) is 0 Å². The van der Waals surface area contributed by atoms with Crippen LogP contribution in [-0.2, 0) is 30.3 Å². The molecule has 2 bridgehead atoms. The van der Waals surface area contributed by atoms with Gasteiger partial charge in [-0.25, -0.2) is 4.79 Å². The molecule has 2 aliphatic heterocycles. The summed E-state index contributed by atoms with van der Waals surface area (Å²) < 4.78 is 10.5. The van der Waals surface area contributed by atoms with Crippen LogP contribution in [0.1, 0.15) is 38.2 Å². The zero-order valence-electron chi connectivity index (χ0n) is 20.1. The first-order chi connectivity index (χ1) is 16.3. The van der Waals surface area contributed by atoms with Crippen LogP contribution >= 0.6 is 12.4 Å². The number of rotatable bonds is 6. The second-order valence-electron chi connectivity index (χ2n) is 8.05. The molecule has 0 saturated carbocycles. The molecule has 3 amide bonds. The topological polar surface area (TPSA) is 149 Å². The molecule has 2 heterocycles. The van der Waals surface area contributed by atoms with Gasteiger partial charge in [0.2, 0.25) is 17.7 Å². The molecule has 0 fully saturated rings. The summed E-state index contributed by atoms with van der Waals surface area (Å²) >= 11 is 0. The number of nitrogens with one attached hydrogen (secondary N) is 3. The fourth-order valence-corrected chi connectivity index (χ4v) is 3.52. The Kier molecular flexibility index (Phi) is 13.4. The fraction of sp³-hybridized carbons (Fsp3) is 0.500. The molecule has 5 N–H and O–H groups in total. The van der Waals surface area contributed by atoms with E-state index in [0.717, 1.165) is 5.56 Å². The average Bonchev–Trinajstić information content (AvgIpc) is 2.81. The van der Waals surface area contributed by atoms with E-state index < -0.39 is 35.9 Å². The molecular formula is C24H35ClN4O6. The molecule has 1 aromatic carbocycles. The third-order valence-corrected chi connectivity index (χ3v) is 5.32. The first kappa shape index (κ1) is 29.9. The van der Waals surface area contributed by atoms with E-state index in [1.54, 1.807) is 24.3 Å². The van der Waals surface area contributed by atoms with Gasteiger partial charge < -0.3 is 31.2 Å². The molecule has 0 radical (unpaired) electrons. The lowest BCUT2D eigenvalue weighted by Crippen LogP contribution is -2.56. The number of nitrogens with two attached hydrogens (primary N) is 1. The van der Waals surface area contributed by atoms with Gasteiger partial charge in [-0.1, -0.05) is 24.3 Å². The quantitative estimate of drug-likeness (QED) is 0.251. The minimum atomic E-state index is -0.927. The summed E-state index contributed by atoms with van der Waals surface area (Å²) in [7, 11) is 1.24. The molecule has 0 aromatic heterocycles. The lowest BCUT2D eigenvalue weighted by Gasteiger charge is -2.24. The molecule has 11 heteroatoms. The molecule has 0 saturated heterocycles. The SMILES string of the molecule is COC(=O)[C@@H]1CC=CCOc2ccc(cc2)C[C@H](NC(C)=O)C(=O)N[C@@H](CCCCN)C(=O)N1.Cl. The van der Waals surface area contributed by atoms with Crippen LogP contribution in [0.3, 0.4) is 0 Å². The van der Waals surface area contributed by atoms with Crippen LogP contribution in [0.4, 0.5) is 0 Å². The van der Waals surface area contributed by atoms with Gasteiger partial charge in [-0.3, -0.25) is 14.4 Å². The highest BCUT2D eigenvalue weighted by Gasteiger charge is 2.29. The number of carbonyl (C=O) groups is 4. The Morgan fingerprint density at radius 1 is 1.11 bits per heavy atom. The highest BCUT2D eigenvalue weighted by molar-refractivity contribution is 5.93. The Bertz CT molecular complexity index is 877. The first-order valence-electron chi connectivity index (χ1n) is 11.4. The maximum Gasteiger partial charge on any atom is 0.328 e. The Morgan fingerprint density at radius 3 is 2.46 bits per heavy atom. The summed E-state index contributed by atoms with van der Waals surface area (Å²) in [4.78, 5) is 50.1. The predicted octanol–water partition coefficient (Wildman–Crippen LogP) is 0.766. The Morgan fingerprint density at radius 2 is 1.83 bits per heavy atom. The number of ether oxygens (including phenoxy) is 2. The van der Waals surface area contributed by atoms with Crippen LogP contribution in [-0.4, -0.2) is 62.1 Å². The molecule has 0 spiro atoms. The van der Waals surface area contributed by atoms with Gasteiger partial charge >= 0.3 is 5.97 Å². The normalized spacial score (nSPS) is 20.9. The van der Waals surface area contributed by atoms with Crippen molar-refractivity contribution in [2.45, 2.75) is 57.2 Å². The van der Waals surface area contributed by atoms with Crippen molar-refractivity contribution in [3.05, 3.63) is 42.0 Å². The zero-order valence-corrected chi connectivity index (χ0v) is 20.9. The highest BCUT2D eigenvalue weighted by Crippen LogP contribution is 2.14. The number of unbranched alkanes of at least 4 members (excludes halogenated alkanes) is 1. The van der Waals surface area contributed by atoms with E-state index in [0.29, 0.717) is 31.6 Å². The largest absolute Gasteiger partial charge is 0.490 e. The molecule has 0 unspecified atom stereocenters. The molecule has 1 aromatic rings. The second kappa shape index (κ2) is 15.7. The standard InChI is InChI=1S/C24H34N4O6.ClH/c1-16(29)26-21-15-17-9-11-18(12-10-17)34-14-6-4-8-20(24(32)33-2)28-22(30)19(27-23(21)31)7-3-5-13-25;/h4,6,9-12,19-21H,3,5,7-8,13-15,25H2,1-2H3,(H,26,29)(H,27,31)(H,28,30);1H/t19-,20-,21-;/m0./s1. The van der Waals surface area contributed by atoms with E-state index >= 15 is 0 Å². The van der Waals surface area contributed by atoms with Crippen molar-refractivity contribution in [1.29, 1.82) is 0 Å². The summed E-state index contributed by atoms with van der Waals surface area (Å²) in [6.45, 7) is 2.05. The van der Waals surface area contributed by atoms with E-state index in [9.17, 15) is 19.2 Å². The van der Waals surface area contributed by atoms with E-state index in [1.807, 2.05) is 12.1 Å². The number of methoxy groups -OCH3 is 1. The number of esters is 1. The van der Waals surface area contributed by atoms with Crippen LogP contribution in [0, 0.1) is 0 Å². The lowest BCUT2D eigenvalue weighted by molar-refractivity contribution is -0.145. The van der Waals surface area contributed by atoms with Crippen molar-refractivity contribution in [2.75, 3.05) is 20.3 Å². The minimum absolute atomic E-state index is 0. The van der Waals surface area contributed by atoms with Crippen LogP contribution in [0.15, 0.2) is 36.4 Å². The van der Waals surface area contributed by atoms with E-state index in [4.69, 9.17) is 15.2 Å². The first-order valence-corrected chi connectivity index (χ1v) is 11.4. The smallest absolute Gasteiger partial charge is 0.328 e. The van der Waals surface area contributed by atoms with E-state index in [2.05, 4.69) is 16.0 Å². The van der Waals surface area contributed by atoms with Crippen molar-refractivity contribution < 1.29 is 28.7 Å². The number of fused-ring (bicyclic) bond motifs is 13. The molecule has 3 atom stereocenters. The zero-order chi connectivity index (χ0) is 24.9. The van der Waals surface area contributed by atoms with Crippen LogP contribution in [0.5, 0.6) is 5.75 Å². The predicted molar refractivity (Wildman–Crippen MR) is 133 cm³/mol. The summed E-state index contributed by atoms with van der Waals surface area (Å²) in [5.74, 6) is -1.35. The maximum atomic E-state index is 13.1. The number of hydrogen-bond acceptors (Lipinski definition) is 7. The highest BCUT2D eigenvalue weighted by atomic mass is 35.5. The van der Waals surface area contributed by atoms with Gasteiger partial charge in [0, 0.05) is 13.3 Å². The Labute approximate surface area is 211 Å². The summed E-state index contributed by atoms with van der Waals surface area (Å²) in [5, 5.41) is 8.06. The van der Waals surface area contributed by atoms with Gasteiger partial charge in [0.25, 0.3) is 0 Å². The second-order valence-corrected chi connectivity index (χ2v) is 8.05. The fourth-order valence-electron chi connectivity index (χ4n) is 3.52. The molecule has 194 valence electrons. The van der Waals surface area contributed by atoms with E-state index in [-0.39, 0.29) is 37.8 Å². The van der Waals surface area contributed by atoms with Gasteiger partial charge in [-0.15, -0.1) is 12.4 Å². The number of hydrogen-bond donors (Lipinski definition) is 4. The van der Waals surface area contributed by atoms with Crippen molar-refractivity contribution in [3.8, 4) is 5.75 Å². The number of benzene rings is 1. The van der Waals surface area contributed by atoms with Gasteiger partial charge in [0.1, 0.15) is 30.5 Å². The molecular weight excluding hydrogens is 476 g/mol. The van der Waals surface area contributed by atoms with E-state index in [1.165, 1.54) is 14.0 Å². The van der Waals surface area contributed by atoms with Crippen molar-refractivity contribution in [1.82, 2.24) is 16.0 Å². The number of carbonyl (C=O) groups excluding carboxylic acids is 4. The lowest BCUT2D eigenvalue weighted by atomic mass is 10.0. The Balaban J connectivity index is 0.00000612. The summed E-state index contributed by atoms with van der Waals surface area (Å²) in [6.07, 6.45) is 5.50. The molecule has 3 rings (SSSR count). The van der Waals surface area contributed by atoms with Crippen molar-refractivity contribution >= 4 is 36.1 Å². The van der Waals surface area contributed by atoms with Crippen molar-refractivity contribution in [2.24, 2.45) is 5.73 Å². The van der Waals surface area contributed by atoms with Crippen molar-refractivity contribution in [3.63, 3.8) is 0 Å². The van der Waals surface area contributed by atoms with Crippen LogP contribution in [0.2, 0.25) is 0 Å². The maximum absolute atomic E-state index is 13.1. The minimum Gasteiger partial charge on any atom is -0.490 e. The third-order valence-electron chi connectivity index (χ3n) is 5.32. The van der Waals surface area contributed by atoms with Gasteiger partial charge in [0.15, 0.2) is 0 Å². The Hall–Kier alpha value is -3.11. The number of halogens is 1. The number of amides is 3. The van der Waals surface area contributed by atoms with Gasteiger partial charge in [-0.05, 0) is 49.9 Å². The van der Waals surface area contributed by atoms with Gasteiger partial charge in [0.05, 0.1) is 7.11 Å². The third kappa shape index (κ3) is 10.4. The van der Waals surface area contributed by atoms with Crippen LogP contribution in [0.25, 0.3) is 0 Å². The molecule has 35 heavy (non-hydrogen) atoms. The van der Waals surface area contributed by atoms with Crippen LogP contribution < -0.4 is 26.4 Å². The average molecular weight is 511 g/mol. The summed E-state index contributed by atoms with van der Waals surface area (Å²) in [6, 6.07) is 4.47. The molecule has 0 aliphatic carbocycles. The monoisotopic (exact) mass is 510 g/mol. The molecule has 2 aliphatic rings. The molecule has 10 nitrogen and oxygen atoms in total. The summed E-state index contributed by atoms with van der Waals surface area (Å²) in [5.41, 5.74) is 6.39.